The molecule has 246 valence electrons. The third-order valence-electron chi connectivity index (χ3n) is 10.6. The first-order valence-electron chi connectivity index (χ1n) is 18.9. The van der Waals surface area contributed by atoms with E-state index in [1.54, 1.807) is 0 Å². The van der Waals surface area contributed by atoms with Gasteiger partial charge in [0.2, 0.25) is 0 Å². The van der Waals surface area contributed by atoms with Crippen LogP contribution in [0.25, 0.3) is 10.8 Å². The van der Waals surface area contributed by atoms with Crippen LogP contribution in [0.4, 0.5) is 51.2 Å². The van der Waals surface area contributed by atoms with Crippen LogP contribution >= 0.6 is 0 Å². The average molecular weight is 668 g/mol. The maximum Gasteiger partial charge on any atom is 0.252 e. The van der Waals surface area contributed by atoms with Crippen LogP contribution in [0.3, 0.4) is 0 Å². The van der Waals surface area contributed by atoms with Crippen LogP contribution in [0.15, 0.2) is 182 Å². The van der Waals surface area contributed by atoms with Crippen molar-refractivity contribution in [2.75, 3.05) is 14.7 Å². The van der Waals surface area contributed by atoms with E-state index >= 15 is 0 Å². The third-order valence-corrected chi connectivity index (χ3v) is 10.6. The molecule has 3 nitrogen and oxygen atoms in total. The van der Waals surface area contributed by atoms with Crippen LogP contribution in [-0.2, 0) is 0 Å². The Morgan fingerprint density at radius 1 is 0.462 bits per heavy atom. The van der Waals surface area contributed by atoms with E-state index in [0.717, 1.165) is 62.1 Å². The topological polar surface area (TPSA) is 9.72 Å². The monoisotopic (exact) mass is 667 g/mol. The molecule has 2 aliphatic rings. The molecular formula is C48H36BN3. The second-order valence-electron chi connectivity index (χ2n) is 13.8. The highest BCUT2D eigenvalue weighted by molar-refractivity contribution is 7.00. The lowest BCUT2D eigenvalue weighted by atomic mass is 9.33. The molecule has 0 spiro atoms. The highest BCUT2D eigenvalue weighted by atomic mass is 15.2. The van der Waals surface area contributed by atoms with E-state index in [1.165, 1.54) is 27.4 Å². The Kier molecular flexibility index (Phi) is 6.55. The Labute approximate surface area is 308 Å². The zero-order valence-corrected chi connectivity index (χ0v) is 29.1. The lowest BCUT2D eigenvalue weighted by molar-refractivity contribution is 1.24. The Balaban J connectivity index is 1.26. The minimum atomic E-state index is -0.147. The molecule has 0 atom stereocenters. The summed E-state index contributed by atoms with van der Waals surface area (Å²) in [6.07, 6.45) is 0. The molecule has 8 aromatic rings. The molecular weight excluding hydrogens is 629 g/mol. The first-order chi connectivity index (χ1) is 26.4. The van der Waals surface area contributed by atoms with Crippen LogP contribution in [0, 0.1) is 13.8 Å². The molecule has 0 bridgehead atoms. The number of hydrogen-bond acceptors (Lipinski definition) is 3. The molecule has 0 fully saturated rings. The van der Waals surface area contributed by atoms with Crippen LogP contribution in [0.5, 0.6) is 0 Å². The zero-order chi connectivity index (χ0) is 36.5. The molecule has 2 aliphatic heterocycles. The highest BCUT2D eigenvalue weighted by Gasteiger charge is 2.43. The third kappa shape index (κ3) is 4.83. The van der Waals surface area contributed by atoms with Gasteiger partial charge >= 0.3 is 0 Å². The van der Waals surface area contributed by atoms with E-state index in [-0.39, 0.29) is 18.8 Å². The van der Waals surface area contributed by atoms with Crippen LogP contribution in [0.1, 0.15) is 13.9 Å². The van der Waals surface area contributed by atoms with Gasteiger partial charge in [-0.15, -0.1) is 0 Å². The Morgan fingerprint density at radius 3 is 1.92 bits per heavy atom. The fourth-order valence-electron chi connectivity index (χ4n) is 8.19. The largest absolute Gasteiger partial charge is 0.311 e. The number of para-hydroxylation sites is 2. The molecule has 8 aromatic carbocycles. The molecule has 52 heavy (non-hydrogen) atoms. The molecule has 0 saturated heterocycles. The molecule has 4 heteroatoms. The number of rotatable bonds is 5. The Morgan fingerprint density at radius 2 is 1.12 bits per heavy atom. The van der Waals surface area contributed by atoms with Gasteiger partial charge in [0.15, 0.2) is 0 Å². The summed E-state index contributed by atoms with van der Waals surface area (Å²) in [6, 6.07) is 60.5. The lowest BCUT2D eigenvalue weighted by Gasteiger charge is -2.44. The smallest absolute Gasteiger partial charge is 0.252 e. The molecule has 0 amide bonds. The van der Waals surface area contributed by atoms with E-state index in [9.17, 15) is 2.74 Å². The van der Waals surface area contributed by atoms with Crippen molar-refractivity contribution in [1.29, 1.82) is 0 Å². The predicted molar refractivity (Wildman–Crippen MR) is 222 cm³/mol. The summed E-state index contributed by atoms with van der Waals surface area (Å²) in [5.74, 6) is 0. The molecule has 10 rings (SSSR count). The Hall–Kier alpha value is -6.52. The van der Waals surface area contributed by atoms with Gasteiger partial charge < -0.3 is 14.7 Å². The van der Waals surface area contributed by atoms with Crippen molar-refractivity contribution in [3.63, 3.8) is 0 Å². The number of aryl methyl sites for hydroxylation is 2. The maximum atomic E-state index is 9.50. The van der Waals surface area contributed by atoms with Crippen molar-refractivity contribution < 1.29 is 2.74 Å². The fourth-order valence-corrected chi connectivity index (χ4v) is 8.19. The van der Waals surface area contributed by atoms with Crippen molar-refractivity contribution >= 4 is 85.1 Å². The first kappa shape index (κ1) is 28.2. The molecule has 2 heterocycles. The summed E-state index contributed by atoms with van der Waals surface area (Å²) >= 11 is 0. The van der Waals surface area contributed by atoms with Crippen LogP contribution < -0.4 is 31.1 Å². The van der Waals surface area contributed by atoms with Gasteiger partial charge in [0.25, 0.3) is 6.71 Å². The SMILES string of the molecule is [2H]c1cc2c3c(c1[2H])N(c1ccc(C)cc1)c1ccc(C)cc1B3c1ccc(N(c3ccccc3)c3ccc4ccccc4c3)cc1N2c1ccccc1. The minimum Gasteiger partial charge on any atom is -0.311 e. The summed E-state index contributed by atoms with van der Waals surface area (Å²) in [4.78, 5) is 6.85. The molecule has 0 saturated carbocycles. The van der Waals surface area contributed by atoms with E-state index < -0.39 is 0 Å². The summed E-state index contributed by atoms with van der Waals surface area (Å²) < 4.78 is 18.8. The van der Waals surface area contributed by atoms with Gasteiger partial charge in [-0.1, -0.05) is 114 Å². The lowest BCUT2D eigenvalue weighted by Crippen LogP contribution is -2.61. The Bertz CT molecular complexity index is 2730. The van der Waals surface area contributed by atoms with Gasteiger partial charge in [-0.25, -0.2) is 0 Å². The van der Waals surface area contributed by atoms with E-state index in [4.69, 9.17) is 0 Å². The van der Waals surface area contributed by atoms with Crippen LogP contribution in [-0.4, -0.2) is 6.71 Å². The van der Waals surface area contributed by atoms with Gasteiger partial charge in [-0.2, -0.15) is 0 Å². The zero-order valence-electron chi connectivity index (χ0n) is 31.1. The van der Waals surface area contributed by atoms with Gasteiger partial charge in [0.1, 0.15) is 0 Å². The van der Waals surface area contributed by atoms with Crippen molar-refractivity contribution in [2.24, 2.45) is 0 Å². The second kappa shape index (κ2) is 12.1. The molecule has 0 unspecified atom stereocenters. The molecule has 0 N–H and O–H groups in total. The summed E-state index contributed by atoms with van der Waals surface area (Å²) in [7, 11) is 0. The summed E-state index contributed by atoms with van der Waals surface area (Å²) in [5.41, 5.74) is 14.7. The number of benzene rings is 8. The van der Waals surface area contributed by atoms with Crippen molar-refractivity contribution in [1.82, 2.24) is 0 Å². The van der Waals surface area contributed by atoms with E-state index in [2.05, 4.69) is 186 Å². The average Bonchev–Trinajstić information content (AvgIpc) is 3.20. The fraction of sp³-hybridized carbons (Fsp3) is 0.0417. The second-order valence-corrected chi connectivity index (χ2v) is 13.8. The number of fused-ring (bicyclic) bond motifs is 5. The quantitative estimate of drug-likeness (QED) is 0.169. The normalized spacial score (nSPS) is 13.2. The number of anilines is 9. The summed E-state index contributed by atoms with van der Waals surface area (Å²) in [5, 5.41) is 2.39. The molecule has 0 radical (unpaired) electrons. The van der Waals surface area contributed by atoms with Gasteiger partial charge in [0.05, 0.1) is 2.74 Å². The number of nitrogens with zero attached hydrogens (tertiary/aromatic N) is 3. The van der Waals surface area contributed by atoms with Gasteiger partial charge in [-0.05, 0) is 120 Å². The highest BCUT2D eigenvalue weighted by Crippen LogP contribution is 2.46. The standard InChI is InChI=1S/C48H36BN3/c1-33-20-24-39(25-21-33)51-44-29-22-34(2)30-43(44)49-42-28-27-41(32-47(42)52(38-16-7-4-8-17-38)46-19-11-18-45(51)48(46)49)50(37-14-5-3-6-15-37)40-26-23-35-12-9-10-13-36(35)31-40/h3-32H,1-2H3/i11D,18D. The van der Waals surface area contributed by atoms with Gasteiger partial charge in [-0.3, -0.25) is 0 Å². The predicted octanol–water partition coefficient (Wildman–Crippen LogP) is 11.0. The minimum absolute atomic E-state index is 0.147. The van der Waals surface area contributed by atoms with Crippen molar-refractivity contribution in [3.05, 3.63) is 193 Å². The molecule has 0 aliphatic carbocycles. The first-order valence-corrected chi connectivity index (χ1v) is 17.9. The van der Waals surface area contributed by atoms with Gasteiger partial charge in [0, 0.05) is 51.2 Å². The molecule has 0 aromatic heterocycles. The number of hydrogen-bond donors (Lipinski definition) is 0. The summed E-state index contributed by atoms with van der Waals surface area (Å²) in [6.45, 7) is 4.10. The van der Waals surface area contributed by atoms with Crippen LogP contribution in [0.2, 0.25) is 0 Å². The van der Waals surface area contributed by atoms with Crippen molar-refractivity contribution in [3.8, 4) is 0 Å². The van der Waals surface area contributed by atoms with E-state index in [0.29, 0.717) is 0 Å². The maximum absolute atomic E-state index is 9.50. The van der Waals surface area contributed by atoms with E-state index in [1.807, 2.05) is 12.1 Å². The van der Waals surface area contributed by atoms with Crippen molar-refractivity contribution in [2.45, 2.75) is 13.8 Å².